The van der Waals surface area contributed by atoms with Crippen molar-refractivity contribution in [2.45, 2.75) is 6.54 Å². The van der Waals surface area contributed by atoms with Crippen molar-refractivity contribution in [1.82, 2.24) is 5.01 Å². The second-order valence-corrected chi connectivity index (χ2v) is 7.83. The van der Waals surface area contributed by atoms with Crippen LogP contribution in [0.1, 0.15) is 11.1 Å². The summed E-state index contributed by atoms with van der Waals surface area (Å²) >= 11 is 0. The van der Waals surface area contributed by atoms with E-state index in [0.29, 0.717) is 0 Å². The van der Waals surface area contributed by atoms with E-state index >= 15 is 0 Å². The van der Waals surface area contributed by atoms with Crippen LogP contribution in [0.15, 0.2) is 90.0 Å². The molecule has 29 heavy (non-hydrogen) atoms. The molecule has 0 radical (unpaired) electrons. The second-order valence-electron chi connectivity index (χ2n) is 7.83. The van der Waals surface area contributed by atoms with Crippen LogP contribution in [0.5, 0.6) is 0 Å². The monoisotopic (exact) mass is 380 g/mol. The number of hydrogen-bond donors (Lipinski definition) is 1. The molecule has 0 aromatic heterocycles. The first-order chi connectivity index (χ1) is 14.4. The molecule has 4 aromatic carbocycles. The predicted octanol–water partition coefficient (Wildman–Crippen LogP) is 3.73. The van der Waals surface area contributed by atoms with E-state index in [-0.39, 0.29) is 0 Å². The number of fused-ring (bicyclic) bond motifs is 2. The molecule has 3 heteroatoms. The third-order valence-electron chi connectivity index (χ3n) is 5.95. The van der Waals surface area contributed by atoms with Crippen LogP contribution in [-0.4, -0.2) is 37.4 Å². The molecular weight excluding hydrogens is 354 g/mol. The highest BCUT2D eigenvalue weighted by atomic mass is 15.5. The van der Waals surface area contributed by atoms with Gasteiger partial charge in [-0.15, -0.1) is 0 Å². The Labute approximate surface area is 171 Å². The van der Waals surface area contributed by atoms with Gasteiger partial charge in [-0.25, -0.2) is 0 Å². The van der Waals surface area contributed by atoms with Gasteiger partial charge in [-0.05, 0) is 21.5 Å². The van der Waals surface area contributed by atoms with E-state index < -0.39 is 0 Å². The Morgan fingerprint density at radius 3 is 2.14 bits per heavy atom. The highest BCUT2D eigenvalue weighted by molar-refractivity contribution is 5.99. The lowest BCUT2D eigenvalue weighted by Gasteiger charge is -2.30. The van der Waals surface area contributed by atoms with E-state index in [1.165, 1.54) is 32.7 Å². The van der Waals surface area contributed by atoms with E-state index in [2.05, 4.69) is 89.9 Å². The first-order valence-electron chi connectivity index (χ1n) is 10.4. The van der Waals surface area contributed by atoms with Gasteiger partial charge in [0.15, 0.2) is 0 Å². The highest BCUT2D eigenvalue weighted by Crippen LogP contribution is 2.18. The van der Waals surface area contributed by atoms with Gasteiger partial charge < -0.3 is 4.90 Å². The van der Waals surface area contributed by atoms with Crippen LogP contribution in [-0.2, 0) is 6.54 Å². The van der Waals surface area contributed by atoms with Crippen molar-refractivity contribution >= 4 is 27.8 Å². The van der Waals surface area contributed by atoms with Crippen molar-refractivity contribution in [2.24, 2.45) is 5.10 Å². The first-order valence-corrected chi connectivity index (χ1v) is 10.4. The molecule has 0 bridgehead atoms. The van der Waals surface area contributed by atoms with Crippen LogP contribution < -0.4 is 4.90 Å². The minimum absolute atomic E-state index is 1.00. The number of hydrazone groups is 1. The molecule has 4 aromatic rings. The smallest absolute Gasteiger partial charge is 0.104 e. The van der Waals surface area contributed by atoms with Gasteiger partial charge in [-0.2, -0.15) is 5.10 Å². The molecular formula is C26H26N3+. The van der Waals surface area contributed by atoms with Crippen molar-refractivity contribution in [3.05, 3.63) is 96.1 Å². The lowest BCUT2D eigenvalue weighted by Crippen LogP contribution is -3.13. The summed E-state index contributed by atoms with van der Waals surface area (Å²) in [5, 5.41) is 12.3. The molecule has 0 spiro atoms. The van der Waals surface area contributed by atoms with Gasteiger partial charge in [-0.3, -0.25) is 5.01 Å². The van der Waals surface area contributed by atoms with Gasteiger partial charge in [0.25, 0.3) is 0 Å². The molecule has 144 valence electrons. The standard InChI is InChI=1S/C26H25N3/c1-3-13-25-21(7-1)9-5-11-23(25)19-27-29-17-15-28(16-18-29)20-24-12-6-10-22-8-2-4-14-26(22)24/h1-14,19H,15-18,20H2/p+1/b27-19-. The highest BCUT2D eigenvalue weighted by Gasteiger charge is 2.19. The molecule has 0 atom stereocenters. The number of rotatable bonds is 4. The number of benzene rings is 4. The topological polar surface area (TPSA) is 20.0 Å². The minimum Gasteiger partial charge on any atom is -0.328 e. The summed E-state index contributed by atoms with van der Waals surface area (Å²) in [6.45, 7) is 5.33. The summed E-state index contributed by atoms with van der Waals surface area (Å²) in [6, 6.07) is 30.3. The molecule has 0 amide bonds. The lowest BCUT2D eigenvalue weighted by atomic mass is 10.0. The minimum atomic E-state index is 1.00. The Morgan fingerprint density at radius 1 is 0.724 bits per heavy atom. The van der Waals surface area contributed by atoms with Crippen LogP contribution in [0.4, 0.5) is 0 Å². The number of nitrogens with zero attached hydrogens (tertiary/aromatic N) is 2. The number of quaternary nitrogens is 1. The molecule has 0 saturated carbocycles. The summed E-state index contributed by atoms with van der Waals surface area (Å²) in [4.78, 5) is 1.64. The predicted molar refractivity (Wildman–Crippen MR) is 121 cm³/mol. The van der Waals surface area contributed by atoms with E-state index in [4.69, 9.17) is 5.10 Å². The molecule has 1 saturated heterocycles. The third-order valence-corrected chi connectivity index (χ3v) is 5.95. The van der Waals surface area contributed by atoms with Crippen molar-refractivity contribution in [3.8, 4) is 0 Å². The van der Waals surface area contributed by atoms with Crippen LogP contribution >= 0.6 is 0 Å². The summed E-state index contributed by atoms with van der Waals surface area (Å²) < 4.78 is 0. The molecule has 0 aliphatic carbocycles. The van der Waals surface area contributed by atoms with E-state index in [1.807, 2.05) is 6.21 Å². The molecule has 1 aliphatic rings. The zero-order chi connectivity index (χ0) is 19.5. The van der Waals surface area contributed by atoms with Crippen molar-refractivity contribution in [2.75, 3.05) is 26.2 Å². The van der Waals surface area contributed by atoms with Gasteiger partial charge in [0.2, 0.25) is 0 Å². The van der Waals surface area contributed by atoms with Gasteiger partial charge in [0.1, 0.15) is 6.54 Å². The zero-order valence-corrected chi connectivity index (χ0v) is 16.6. The molecule has 1 fully saturated rings. The van der Waals surface area contributed by atoms with Crippen LogP contribution in [0, 0.1) is 0 Å². The van der Waals surface area contributed by atoms with E-state index in [1.54, 1.807) is 4.90 Å². The molecule has 3 nitrogen and oxygen atoms in total. The third kappa shape index (κ3) is 3.87. The Hall–Kier alpha value is -3.17. The summed E-state index contributed by atoms with van der Waals surface area (Å²) in [6.07, 6.45) is 2.03. The van der Waals surface area contributed by atoms with Gasteiger partial charge in [0.05, 0.1) is 32.4 Å². The van der Waals surface area contributed by atoms with Crippen LogP contribution in [0.3, 0.4) is 0 Å². The number of hydrogen-bond acceptors (Lipinski definition) is 2. The largest absolute Gasteiger partial charge is 0.328 e. The summed E-state index contributed by atoms with van der Waals surface area (Å²) in [5.41, 5.74) is 2.64. The van der Waals surface area contributed by atoms with Crippen molar-refractivity contribution in [3.63, 3.8) is 0 Å². The normalized spacial score (nSPS) is 15.5. The summed E-state index contributed by atoms with van der Waals surface area (Å²) in [7, 11) is 0. The fourth-order valence-electron chi connectivity index (χ4n) is 4.33. The van der Waals surface area contributed by atoms with Crippen LogP contribution in [0.25, 0.3) is 21.5 Å². The van der Waals surface area contributed by atoms with Gasteiger partial charge in [-0.1, -0.05) is 84.9 Å². The Balaban J connectivity index is 1.24. The molecule has 1 heterocycles. The molecule has 1 N–H and O–H groups in total. The molecule has 5 rings (SSSR count). The maximum Gasteiger partial charge on any atom is 0.104 e. The quantitative estimate of drug-likeness (QED) is 0.535. The SMILES string of the molecule is C(=N/N1CC[NH+](Cc2cccc3ccccc23)CC1)/c1cccc2ccccc12. The Bertz CT molecular complexity index is 1150. The fraction of sp³-hybridized carbons (Fsp3) is 0.192. The van der Waals surface area contributed by atoms with E-state index in [0.717, 1.165) is 32.7 Å². The number of piperazine rings is 1. The maximum atomic E-state index is 4.79. The van der Waals surface area contributed by atoms with Gasteiger partial charge in [0, 0.05) is 11.1 Å². The van der Waals surface area contributed by atoms with Crippen molar-refractivity contribution < 1.29 is 4.90 Å². The average molecular weight is 381 g/mol. The maximum absolute atomic E-state index is 4.79. The van der Waals surface area contributed by atoms with Crippen molar-refractivity contribution in [1.29, 1.82) is 0 Å². The average Bonchev–Trinajstić information content (AvgIpc) is 2.79. The fourth-order valence-corrected chi connectivity index (χ4v) is 4.33. The molecule has 1 aliphatic heterocycles. The Kier molecular flexibility index (Phi) is 4.97. The number of nitrogens with one attached hydrogen (secondary N) is 1. The Morgan fingerprint density at radius 2 is 1.34 bits per heavy atom. The van der Waals surface area contributed by atoms with Gasteiger partial charge >= 0.3 is 0 Å². The lowest BCUT2D eigenvalue weighted by molar-refractivity contribution is -0.918. The van der Waals surface area contributed by atoms with E-state index in [9.17, 15) is 0 Å². The molecule has 0 unspecified atom stereocenters. The zero-order valence-electron chi connectivity index (χ0n) is 16.6. The van der Waals surface area contributed by atoms with Crippen LogP contribution in [0.2, 0.25) is 0 Å². The first kappa shape index (κ1) is 17.9. The second kappa shape index (κ2) is 8.06. The summed E-state index contributed by atoms with van der Waals surface area (Å²) in [5.74, 6) is 0.